The molecule has 72 valence electrons. The van der Waals surface area contributed by atoms with Crippen molar-refractivity contribution in [3.8, 4) is 0 Å². The van der Waals surface area contributed by atoms with E-state index in [1.165, 1.54) is 18.1 Å². The lowest BCUT2D eigenvalue weighted by Gasteiger charge is -2.30. The molecule has 0 aromatic rings. The van der Waals surface area contributed by atoms with Crippen molar-refractivity contribution in [1.82, 2.24) is 4.90 Å². The summed E-state index contributed by atoms with van der Waals surface area (Å²) in [5, 5.41) is 0. The first kappa shape index (κ1) is 9.77. The van der Waals surface area contributed by atoms with Crippen LogP contribution in [-0.2, 0) is 9.53 Å². The molecule has 4 heteroatoms. The lowest BCUT2D eigenvalue weighted by atomic mass is 10.0. The van der Waals surface area contributed by atoms with Gasteiger partial charge in [-0.2, -0.15) is 0 Å². The zero-order valence-electron chi connectivity index (χ0n) is 8.03. The Balaban J connectivity index is 2.90. The first-order valence-electron chi connectivity index (χ1n) is 4.14. The third-order valence-corrected chi connectivity index (χ3v) is 2.06. The summed E-state index contributed by atoms with van der Waals surface area (Å²) >= 11 is 0. The average Bonchev–Trinajstić information content (AvgIpc) is 2.02. The second-order valence-corrected chi connectivity index (χ2v) is 3.15. The Morgan fingerprint density at radius 2 is 2.31 bits per heavy atom. The number of methoxy groups -OCH3 is 1. The van der Waals surface area contributed by atoms with Gasteiger partial charge in [-0.15, -0.1) is 0 Å². The number of rotatable bonds is 0. The van der Waals surface area contributed by atoms with Crippen LogP contribution in [0.15, 0.2) is 11.8 Å². The number of amides is 1. The van der Waals surface area contributed by atoms with Crippen molar-refractivity contribution in [2.45, 2.75) is 26.3 Å². The molecule has 0 N–H and O–H groups in total. The van der Waals surface area contributed by atoms with Gasteiger partial charge in [0.25, 0.3) is 0 Å². The summed E-state index contributed by atoms with van der Waals surface area (Å²) in [4.78, 5) is 23.8. The molecule has 1 unspecified atom stereocenters. The van der Waals surface area contributed by atoms with Gasteiger partial charge in [0.1, 0.15) is 0 Å². The topological polar surface area (TPSA) is 46.6 Å². The summed E-state index contributed by atoms with van der Waals surface area (Å²) < 4.78 is 4.60. The van der Waals surface area contributed by atoms with Gasteiger partial charge in [0.05, 0.1) is 7.11 Å². The fourth-order valence-electron chi connectivity index (χ4n) is 1.51. The number of allylic oxidation sites excluding steroid dienone is 2. The Morgan fingerprint density at radius 3 is 2.77 bits per heavy atom. The Kier molecular flexibility index (Phi) is 2.70. The minimum absolute atomic E-state index is 0.0603. The molecule has 0 saturated heterocycles. The van der Waals surface area contributed by atoms with Gasteiger partial charge < -0.3 is 4.74 Å². The van der Waals surface area contributed by atoms with Crippen LogP contribution in [-0.4, -0.2) is 29.9 Å². The molecule has 4 nitrogen and oxygen atoms in total. The number of carbonyl (C=O) groups is 2. The smallest absolute Gasteiger partial charge is 0.413 e. The van der Waals surface area contributed by atoms with Gasteiger partial charge in [-0.1, -0.05) is 0 Å². The monoisotopic (exact) mass is 183 g/mol. The van der Waals surface area contributed by atoms with Crippen LogP contribution in [0.4, 0.5) is 4.79 Å². The molecule has 1 heterocycles. The Labute approximate surface area is 77.2 Å². The molecule has 0 saturated carbocycles. The molecule has 13 heavy (non-hydrogen) atoms. The number of hydrogen-bond acceptors (Lipinski definition) is 3. The molecule has 0 aromatic heterocycles. The summed E-state index contributed by atoms with van der Waals surface area (Å²) in [6.45, 7) is 3.55. The third kappa shape index (κ3) is 1.88. The van der Waals surface area contributed by atoms with Gasteiger partial charge in [-0.25, -0.2) is 4.79 Å². The van der Waals surface area contributed by atoms with Crippen molar-refractivity contribution in [3.05, 3.63) is 11.8 Å². The van der Waals surface area contributed by atoms with Crippen LogP contribution < -0.4 is 0 Å². The maximum atomic E-state index is 11.2. The Morgan fingerprint density at radius 1 is 1.69 bits per heavy atom. The van der Waals surface area contributed by atoms with E-state index in [4.69, 9.17) is 0 Å². The number of ether oxygens (including phenoxy) is 1. The normalized spacial score (nSPS) is 22.7. The summed E-state index contributed by atoms with van der Waals surface area (Å²) in [7, 11) is 1.33. The van der Waals surface area contributed by atoms with Gasteiger partial charge in [0, 0.05) is 24.2 Å². The van der Waals surface area contributed by atoms with E-state index in [-0.39, 0.29) is 11.8 Å². The summed E-state index contributed by atoms with van der Waals surface area (Å²) in [5.41, 5.74) is 0.649. The SMILES string of the molecule is COC(=O)N1C(C)=CC(=O)CC1C. The van der Waals surface area contributed by atoms with E-state index in [1.807, 2.05) is 6.92 Å². The molecule has 1 amide bonds. The fraction of sp³-hybridized carbons (Fsp3) is 0.556. The van der Waals surface area contributed by atoms with Gasteiger partial charge in [0.2, 0.25) is 0 Å². The minimum Gasteiger partial charge on any atom is -0.452 e. The highest BCUT2D eigenvalue weighted by molar-refractivity contribution is 5.93. The van der Waals surface area contributed by atoms with Gasteiger partial charge in [-0.05, 0) is 13.8 Å². The molecule has 0 fully saturated rings. The molecular formula is C9H13NO3. The Hall–Kier alpha value is -1.32. The van der Waals surface area contributed by atoms with Crippen LogP contribution in [0.3, 0.4) is 0 Å². The summed E-state index contributed by atoms with van der Waals surface area (Å²) in [6, 6.07) is -0.107. The lowest BCUT2D eigenvalue weighted by molar-refractivity contribution is -0.116. The molecule has 1 rings (SSSR count). The van der Waals surface area contributed by atoms with Gasteiger partial charge >= 0.3 is 6.09 Å². The van der Waals surface area contributed by atoms with Crippen molar-refractivity contribution in [1.29, 1.82) is 0 Å². The number of carbonyl (C=O) groups excluding carboxylic acids is 2. The van der Waals surface area contributed by atoms with E-state index in [0.29, 0.717) is 12.1 Å². The van der Waals surface area contributed by atoms with Crippen LogP contribution in [0.2, 0.25) is 0 Å². The highest BCUT2D eigenvalue weighted by atomic mass is 16.5. The van der Waals surface area contributed by atoms with Crippen molar-refractivity contribution >= 4 is 11.9 Å². The van der Waals surface area contributed by atoms with Crippen molar-refractivity contribution in [2.24, 2.45) is 0 Å². The van der Waals surface area contributed by atoms with Gasteiger partial charge in [0.15, 0.2) is 5.78 Å². The third-order valence-electron chi connectivity index (χ3n) is 2.06. The lowest BCUT2D eigenvalue weighted by Crippen LogP contribution is -2.41. The summed E-state index contributed by atoms with van der Waals surface area (Å²) in [6.07, 6.45) is 1.43. The molecular weight excluding hydrogens is 170 g/mol. The predicted octanol–water partition coefficient (Wildman–Crippen LogP) is 1.32. The first-order valence-corrected chi connectivity index (χ1v) is 4.14. The van der Waals surface area contributed by atoms with Gasteiger partial charge in [-0.3, -0.25) is 9.69 Å². The van der Waals surface area contributed by atoms with E-state index >= 15 is 0 Å². The Bertz CT molecular complexity index is 270. The molecule has 0 bridgehead atoms. The second kappa shape index (κ2) is 3.60. The quantitative estimate of drug-likeness (QED) is 0.569. The zero-order chi connectivity index (χ0) is 10.0. The van der Waals surface area contributed by atoms with E-state index in [2.05, 4.69) is 4.74 Å². The second-order valence-electron chi connectivity index (χ2n) is 3.15. The molecule has 1 aliphatic rings. The number of ketones is 1. The highest BCUT2D eigenvalue weighted by Crippen LogP contribution is 2.19. The van der Waals surface area contributed by atoms with Crippen LogP contribution in [0.5, 0.6) is 0 Å². The highest BCUT2D eigenvalue weighted by Gasteiger charge is 2.27. The molecule has 0 spiro atoms. The van der Waals surface area contributed by atoms with Crippen LogP contribution in [0, 0.1) is 0 Å². The van der Waals surface area contributed by atoms with E-state index in [1.54, 1.807) is 6.92 Å². The molecule has 0 aliphatic carbocycles. The maximum Gasteiger partial charge on any atom is 0.413 e. The molecule has 0 radical (unpaired) electrons. The molecule has 1 aliphatic heterocycles. The van der Waals surface area contributed by atoms with Crippen molar-refractivity contribution in [2.75, 3.05) is 7.11 Å². The van der Waals surface area contributed by atoms with Crippen LogP contribution >= 0.6 is 0 Å². The van der Waals surface area contributed by atoms with E-state index in [0.717, 1.165) is 0 Å². The predicted molar refractivity (Wildman–Crippen MR) is 47.1 cm³/mol. The van der Waals surface area contributed by atoms with E-state index < -0.39 is 6.09 Å². The van der Waals surface area contributed by atoms with Crippen molar-refractivity contribution in [3.63, 3.8) is 0 Å². The van der Waals surface area contributed by atoms with E-state index in [9.17, 15) is 9.59 Å². The van der Waals surface area contributed by atoms with Crippen molar-refractivity contribution < 1.29 is 14.3 Å². The number of hydrogen-bond donors (Lipinski definition) is 0. The fourth-order valence-corrected chi connectivity index (χ4v) is 1.51. The van der Waals surface area contributed by atoms with Crippen LogP contribution in [0.1, 0.15) is 20.3 Å². The minimum atomic E-state index is -0.409. The largest absolute Gasteiger partial charge is 0.452 e. The molecule has 1 atom stereocenters. The van der Waals surface area contributed by atoms with Crippen LogP contribution in [0.25, 0.3) is 0 Å². The average molecular weight is 183 g/mol. The number of nitrogens with zero attached hydrogens (tertiary/aromatic N) is 1. The molecule has 0 aromatic carbocycles. The zero-order valence-corrected chi connectivity index (χ0v) is 8.03. The first-order chi connectivity index (χ1) is 6.06. The summed E-state index contributed by atoms with van der Waals surface area (Å²) in [5.74, 6) is 0.0603. The maximum absolute atomic E-state index is 11.2. The standard InChI is InChI=1S/C9H13NO3/c1-6-4-8(11)5-7(2)10(6)9(12)13-3/h4,7H,5H2,1-3H3.